The Morgan fingerprint density at radius 3 is 2.35 bits per heavy atom. The Kier molecular flexibility index (Phi) is 4.64. The molecule has 4 heteroatoms. The zero-order valence-corrected chi connectivity index (χ0v) is 12.3. The van der Waals surface area contributed by atoms with E-state index < -0.39 is 0 Å². The van der Waals surface area contributed by atoms with E-state index in [0.717, 1.165) is 16.9 Å². The van der Waals surface area contributed by atoms with E-state index in [1.165, 1.54) is 0 Å². The summed E-state index contributed by atoms with van der Waals surface area (Å²) < 4.78 is 0. The van der Waals surface area contributed by atoms with Gasteiger partial charge in [-0.3, -0.25) is 4.79 Å². The van der Waals surface area contributed by atoms with Crippen molar-refractivity contribution in [3.8, 4) is 0 Å². The SMILES string of the molecule is CN(C)c1ccccc1NC(=O)c1ccc(CCl)cc1. The standard InChI is InChI=1S/C16H17ClN2O/c1-19(2)15-6-4-3-5-14(15)18-16(20)13-9-7-12(11-17)8-10-13/h3-10H,11H2,1-2H3,(H,18,20). The molecule has 0 bridgehead atoms. The smallest absolute Gasteiger partial charge is 0.255 e. The molecular weight excluding hydrogens is 272 g/mol. The van der Waals surface area contributed by atoms with Gasteiger partial charge in [-0.05, 0) is 29.8 Å². The minimum absolute atomic E-state index is 0.125. The van der Waals surface area contributed by atoms with Crippen LogP contribution in [0.2, 0.25) is 0 Å². The summed E-state index contributed by atoms with van der Waals surface area (Å²) in [7, 11) is 3.89. The van der Waals surface area contributed by atoms with Gasteiger partial charge in [0.05, 0.1) is 11.4 Å². The molecular formula is C16H17ClN2O. The first-order chi connectivity index (χ1) is 9.61. The van der Waals surface area contributed by atoms with Gasteiger partial charge in [-0.25, -0.2) is 0 Å². The van der Waals surface area contributed by atoms with Crippen LogP contribution in [0.1, 0.15) is 15.9 Å². The molecule has 0 atom stereocenters. The molecule has 0 aliphatic heterocycles. The summed E-state index contributed by atoms with van der Waals surface area (Å²) in [6.07, 6.45) is 0. The van der Waals surface area contributed by atoms with Gasteiger partial charge in [0.2, 0.25) is 0 Å². The largest absolute Gasteiger partial charge is 0.376 e. The van der Waals surface area contributed by atoms with Crippen molar-refractivity contribution in [2.24, 2.45) is 0 Å². The molecule has 1 amide bonds. The Hall–Kier alpha value is -2.00. The van der Waals surface area contributed by atoms with Gasteiger partial charge in [-0.2, -0.15) is 0 Å². The van der Waals surface area contributed by atoms with Gasteiger partial charge in [0, 0.05) is 25.5 Å². The van der Waals surface area contributed by atoms with Crippen LogP contribution in [0.25, 0.3) is 0 Å². The van der Waals surface area contributed by atoms with Crippen LogP contribution < -0.4 is 10.2 Å². The highest BCUT2D eigenvalue weighted by atomic mass is 35.5. The Labute approximate surface area is 124 Å². The molecule has 0 fully saturated rings. The fraction of sp³-hybridized carbons (Fsp3) is 0.188. The van der Waals surface area contributed by atoms with Crippen LogP contribution in [0.4, 0.5) is 11.4 Å². The van der Waals surface area contributed by atoms with Gasteiger partial charge in [0.25, 0.3) is 5.91 Å². The van der Waals surface area contributed by atoms with E-state index in [-0.39, 0.29) is 5.91 Å². The van der Waals surface area contributed by atoms with Crippen molar-refractivity contribution < 1.29 is 4.79 Å². The van der Waals surface area contributed by atoms with Crippen LogP contribution in [-0.4, -0.2) is 20.0 Å². The first-order valence-corrected chi connectivity index (χ1v) is 6.88. The molecule has 20 heavy (non-hydrogen) atoms. The number of carbonyl (C=O) groups excluding carboxylic acids is 1. The lowest BCUT2D eigenvalue weighted by Gasteiger charge is -2.17. The molecule has 0 saturated heterocycles. The number of amides is 1. The van der Waals surface area contributed by atoms with Gasteiger partial charge in [0.1, 0.15) is 0 Å². The second-order valence-electron chi connectivity index (χ2n) is 4.70. The summed E-state index contributed by atoms with van der Waals surface area (Å²) in [6, 6.07) is 15.0. The predicted molar refractivity (Wildman–Crippen MR) is 84.7 cm³/mol. The van der Waals surface area contributed by atoms with E-state index in [2.05, 4.69) is 5.32 Å². The normalized spacial score (nSPS) is 10.2. The summed E-state index contributed by atoms with van der Waals surface area (Å²) in [4.78, 5) is 14.2. The summed E-state index contributed by atoms with van der Waals surface area (Å²) in [5.74, 6) is 0.325. The molecule has 0 spiro atoms. The molecule has 104 valence electrons. The van der Waals surface area contributed by atoms with E-state index >= 15 is 0 Å². The number of hydrogen-bond donors (Lipinski definition) is 1. The molecule has 0 unspecified atom stereocenters. The van der Waals surface area contributed by atoms with E-state index in [1.54, 1.807) is 12.1 Å². The summed E-state index contributed by atoms with van der Waals surface area (Å²) >= 11 is 5.74. The summed E-state index contributed by atoms with van der Waals surface area (Å²) in [5.41, 5.74) is 3.38. The first kappa shape index (κ1) is 14.4. The Morgan fingerprint density at radius 2 is 1.75 bits per heavy atom. The van der Waals surface area contributed by atoms with Gasteiger partial charge in [0.15, 0.2) is 0 Å². The van der Waals surface area contributed by atoms with Crippen molar-refractivity contribution in [1.82, 2.24) is 0 Å². The second kappa shape index (κ2) is 6.44. The lowest BCUT2D eigenvalue weighted by molar-refractivity contribution is 0.102. The molecule has 0 saturated carbocycles. The van der Waals surface area contributed by atoms with Gasteiger partial charge < -0.3 is 10.2 Å². The minimum atomic E-state index is -0.125. The van der Waals surface area contributed by atoms with Crippen LogP contribution in [0, 0.1) is 0 Å². The van der Waals surface area contributed by atoms with Crippen molar-refractivity contribution >= 4 is 28.9 Å². The number of halogens is 1. The van der Waals surface area contributed by atoms with E-state index in [9.17, 15) is 4.79 Å². The molecule has 3 nitrogen and oxygen atoms in total. The number of hydrogen-bond acceptors (Lipinski definition) is 2. The maximum Gasteiger partial charge on any atom is 0.255 e. The molecule has 0 heterocycles. The predicted octanol–water partition coefficient (Wildman–Crippen LogP) is 3.74. The molecule has 2 aromatic carbocycles. The topological polar surface area (TPSA) is 32.3 Å². The zero-order valence-electron chi connectivity index (χ0n) is 11.6. The Bertz CT molecular complexity index is 594. The number of para-hydroxylation sites is 2. The highest BCUT2D eigenvalue weighted by molar-refractivity contribution is 6.17. The van der Waals surface area contributed by atoms with Crippen molar-refractivity contribution in [1.29, 1.82) is 0 Å². The van der Waals surface area contributed by atoms with Gasteiger partial charge in [-0.1, -0.05) is 24.3 Å². The maximum absolute atomic E-state index is 12.2. The molecule has 0 aromatic heterocycles. The minimum Gasteiger partial charge on any atom is -0.376 e. The third-order valence-corrected chi connectivity index (χ3v) is 3.31. The Morgan fingerprint density at radius 1 is 1.10 bits per heavy atom. The number of benzene rings is 2. The molecule has 1 N–H and O–H groups in total. The molecule has 2 rings (SSSR count). The third kappa shape index (κ3) is 3.31. The quantitative estimate of drug-likeness (QED) is 0.869. The first-order valence-electron chi connectivity index (χ1n) is 6.34. The molecule has 0 aliphatic rings. The molecule has 0 radical (unpaired) electrons. The summed E-state index contributed by atoms with van der Waals surface area (Å²) in [6.45, 7) is 0. The van der Waals surface area contributed by atoms with Crippen LogP contribution >= 0.6 is 11.6 Å². The van der Waals surface area contributed by atoms with Crippen LogP contribution in [0.15, 0.2) is 48.5 Å². The maximum atomic E-state index is 12.2. The van der Waals surface area contributed by atoms with Crippen molar-refractivity contribution in [2.45, 2.75) is 5.88 Å². The fourth-order valence-corrected chi connectivity index (χ4v) is 2.09. The van der Waals surface area contributed by atoms with Gasteiger partial charge in [-0.15, -0.1) is 11.6 Å². The van der Waals surface area contributed by atoms with E-state index in [1.807, 2.05) is 55.4 Å². The fourth-order valence-electron chi connectivity index (χ4n) is 1.91. The highest BCUT2D eigenvalue weighted by Crippen LogP contribution is 2.24. The second-order valence-corrected chi connectivity index (χ2v) is 4.96. The van der Waals surface area contributed by atoms with Crippen LogP contribution in [0.5, 0.6) is 0 Å². The summed E-state index contributed by atoms with van der Waals surface area (Å²) in [5, 5.41) is 2.93. The van der Waals surface area contributed by atoms with Crippen molar-refractivity contribution in [3.05, 3.63) is 59.7 Å². The number of nitrogens with zero attached hydrogens (tertiary/aromatic N) is 1. The highest BCUT2D eigenvalue weighted by Gasteiger charge is 2.09. The molecule has 2 aromatic rings. The van der Waals surface area contributed by atoms with E-state index in [0.29, 0.717) is 11.4 Å². The molecule has 0 aliphatic carbocycles. The van der Waals surface area contributed by atoms with Crippen LogP contribution in [0.3, 0.4) is 0 Å². The Balaban J connectivity index is 2.19. The van der Waals surface area contributed by atoms with Gasteiger partial charge >= 0.3 is 0 Å². The van der Waals surface area contributed by atoms with Crippen molar-refractivity contribution in [2.75, 3.05) is 24.3 Å². The number of alkyl halides is 1. The average molecular weight is 289 g/mol. The zero-order chi connectivity index (χ0) is 14.5. The van der Waals surface area contributed by atoms with E-state index in [4.69, 9.17) is 11.6 Å². The third-order valence-electron chi connectivity index (χ3n) is 3.00. The number of rotatable bonds is 4. The monoisotopic (exact) mass is 288 g/mol. The van der Waals surface area contributed by atoms with Crippen molar-refractivity contribution in [3.63, 3.8) is 0 Å². The number of nitrogens with one attached hydrogen (secondary N) is 1. The number of anilines is 2. The average Bonchev–Trinajstić information content (AvgIpc) is 2.47. The lowest BCUT2D eigenvalue weighted by atomic mass is 10.1. The lowest BCUT2D eigenvalue weighted by Crippen LogP contribution is -2.16. The number of carbonyl (C=O) groups is 1. The van der Waals surface area contributed by atoms with Crippen LogP contribution in [-0.2, 0) is 5.88 Å².